The predicted octanol–water partition coefficient (Wildman–Crippen LogP) is 3.39. The molecule has 0 aliphatic heterocycles. The van der Waals surface area contributed by atoms with Crippen LogP contribution in [0, 0.1) is 0 Å². The fraction of sp³-hybridized carbons (Fsp3) is 0.211. The fourth-order valence-corrected chi connectivity index (χ4v) is 4.15. The molecule has 0 saturated heterocycles. The second-order valence-corrected chi connectivity index (χ2v) is 9.20. The monoisotopic (exact) mass is 416 g/mol. The number of amides is 1. The van der Waals surface area contributed by atoms with Crippen LogP contribution >= 0.6 is 11.3 Å². The molecule has 0 fully saturated rings. The van der Waals surface area contributed by atoms with E-state index in [1.54, 1.807) is 36.4 Å². The zero-order chi connectivity index (χ0) is 20.1. The Labute approximate surface area is 167 Å². The molecule has 2 aromatic carbocycles. The van der Waals surface area contributed by atoms with Crippen LogP contribution in [0.25, 0.3) is 0 Å². The highest BCUT2D eigenvalue weighted by molar-refractivity contribution is 7.89. The Bertz CT molecular complexity index is 1050. The zero-order valence-electron chi connectivity index (χ0n) is 15.4. The molecular formula is C19H20N4O3S2. The molecule has 0 radical (unpaired) electrons. The highest BCUT2D eigenvalue weighted by atomic mass is 32.2. The number of aromatic nitrogens is 2. The Hall–Kier alpha value is -2.62. The van der Waals surface area contributed by atoms with Gasteiger partial charge in [0.15, 0.2) is 0 Å². The van der Waals surface area contributed by atoms with Gasteiger partial charge < -0.3 is 5.32 Å². The van der Waals surface area contributed by atoms with Gasteiger partial charge in [-0.05, 0) is 35.7 Å². The van der Waals surface area contributed by atoms with Gasteiger partial charge in [-0.25, -0.2) is 13.1 Å². The number of hydrogen-bond donors (Lipinski definition) is 2. The Kier molecular flexibility index (Phi) is 6.18. The summed E-state index contributed by atoms with van der Waals surface area (Å²) in [6.07, 6.45) is 0. The van der Waals surface area contributed by atoms with E-state index < -0.39 is 10.0 Å². The van der Waals surface area contributed by atoms with Gasteiger partial charge in [-0.1, -0.05) is 55.5 Å². The molecular weight excluding hydrogens is 396 g/mol. The van der Waals surface area contributed by atoms with Crippen molar-refractivity contribution < 1.29 is 13.2 Å². The van der Waals surface area contributed by atoms with Crippen LogP contribution in [-0.4, -0.2) is 24.5 Å². The summed E-state index contributed by atoms with van der Waals surface area (Å²) in [5, 5.41) is 11.0. The molecule has 1 aromatic heterocycles. The lowest BCUT2D eigenvalue weighted by atomic mass is 10.0. The maximum absolute atomic E-state index is 12.4. The van der Waals surface area contributed by atoms with Crippen molar-refractivity contribution >= 4 is 33.0 Å². The first-order valence-electron chi connectivity index (χ1n) is 8.63. The topological polar surface area (TPSA) is 101 Å². The van der Waals surface area contributed by atoms with E-state index in [1.807, 2.05) is 32.0 Å². The van der Waals surface area contributed by atoms with Crippen molar-refractivity contribution in [2.45, 2.75) is 31.2 Å². The van der Waals surface area contributed by atoms with Crippen molar-refractivity contribution in [3.05, 3.63) is 70.2 Å². The highest BCUT2D eigenvalue weighted by Crippen LogP contribution is 2.18. The van der Waals surface area contributed by atoms with Gasteiger partial charge in [0, 0.05) is 5.69 Å². The number of para-hydroxylation sites is 1. The van der Waals surface area contributed by atoms with Crippen LogP contribution in [0.1, 0.15) is 40.1 Å². The number of benzene rings is 2. The molecule has 0 spiro atoms. The van der Waals surface area contributed by atoms with E-state index in [4.69, 9.17) is 0 Å². The molecule has 1 heterocycles. The minimum atomic E-state index is -3.67. The SMILES string of the molecule is CC(C)c1ccc(S(=O)(=O)NCc2nnc(C(=O)Nc3ccccc3)s2)cc1. The summed E-state index contributed by atoms with van der Waals surface area (Å²) in [5.74, 6) is -0.0614. The van der Waals surface area contributed by atoms with Gasteiger partial charge in [-0.2, -0.15) is 0 Å². The molecule has 0 bridgehead atoms. The van der Waals surface area contributed by atoms with Crippen molar-refractivity contribution in [2.24, 2.45) is 0 Å². The quantitative estimate of drug-likeness (QED) is 0.615. The average molecular weight is 417 g/mol. The molecule has 0 atom stereocenters. The van der Waals surface area contributed by atoms with Gasteiger partial charge in [-0.3, -0.25) is 4.79 Å². The molecule has 9 heteroatoms. The third kappa shape index (κ3) is 5.00. The van der Waals surface area contributed by atoms with E-state index in [1.165, 1.54) is 0 Å². The molecule has 7 nitrogen and oxygen atoms in total. The first-order chi connectivity index (χ1) is 13.3. The van der Waals surface area contributed by atoms with Crippen LogP contribution in [0.2, 0.25) is 0 Å². The van der Waals surface area contributed by atoms with E-state index in [2.05, 4.69) is 20.2 Å². The van der Waals surface area contributed by atoms with Crippen molar-refractivity contribution in [3.63, 3.8) is 0 Å². The number of nitrogens with zero attached hydrogens (tertiary/aromatic N) is 2. The molecule has 1 amide bonds. The normalized spacial score (nSPS) is 11.5. The maximum atomic E-state index is 12.4. The zero-order valence-corrected chi connectivity index (χ0v) is 17.0. The molecule has 146 valence electrons. The lowest BCUT2D eigenvalue weighted by Crippen LogP contribution is -2.23. The van der Waals surface area contributed by atoms with Gasteiger partial charge in [0.1, 0.15) is 5.01 Å². The number of nitrogens with one attached hydrogen (secondary N) is 2. The summed E-state index contributed by atoms with van der Waals surface area (Å²) in [6.45, 7) is 4.05. The fourth-order valence-electron chi connectivity index (χ4n) is 2.39. The van der Waals surface area contributed by atoms with E-state index in [-0.39, 0.29) is 22.4 Å². The van der Waals surface area contributed by atoms with Crippen LogP contribution in [0.3, 0.4) is 0 Å². The largest absolute Gasteiger partial charge is 0.320 e. The minimum absolute atomic E-state index is 0.0372. The van der Waals surface area contributed by atoms with E-state index in [0.717, 1.165) is 16.9 Å². The minimum Gasteiger partial charge on any atom is -0.320 e. The first-order valence-corrected chi connectivity index (χ1v) is 10.9. The number of carbonyl (C=O) groups is 1. The number of hydrogen-bond acceptors (Lipinski definition) is 6. The summed E-state index contributed by atoms with van der Waals surface area (Å²) in [7, 11) is -3.67. The number of rotatable bonds is 7. The van der Waals surface area contributed by atoms with Crippen molar-refractivity contribution in [1.82, 2.24) is 14.9 Å². The molecule has 3 rings (SSSR count). The van der Waals surface area contributed by atoms with Gasteiger partial charge >= 0.3 is 0 Å². The van der Waals surface area contributed by atoms with Crippen LogP contribution < -0.4 is 10.0 Å². The smallest absolute Gasteiger partial charge is 0.286 e. The van der Waals surface area contributed by atoms with E-state index in [9.17, 15) is 13.2 Å². The predicted molar refractivity (Wildman–Crippen MR) is 109 cm³/mol. The van der Waals surface area contributed by atoms with Crippen LogP contribution in [0.15, 0.2) is 59.5 Å². The second kappa shape index (κ2) is 8.59. The number of sulfonamides is 1. The van der Waals surface area contributed by atoms with E-state index in [0.29, 0.717) is 16.6 Å². The summed E-state index contributed by atoms with van der Waals surface area (Å²) in [6, 6.07) is 15.8. The Balaban J connectivity index is 1.62. The molecule has 0 saturated carbocycles. The third-order valence-corrected chi connectivity index (χ3v) is 6.30. The van der Waals surface area contributed by atoms with Crippen LogP contribution in [0.4, 0.5) is 5.69 Å². The average Bonchev–Trinajstić information content (AvgIpc) is 3.17. The van der Waals surface area contributed by atoms with Gasteiger partial charge in [0.05, 0.1) is 11.4 Å². The molecule has 3 aromatic rings. The lowest BCUT2D eigenvalue weighted by molar-refractivity contribution is 0.102. The highest BCUT2D eigenvalue weighted by Gasteiger charge is 2.17. The molecule has 28 heavy (non-hydrogen) atoms. The first kappa shape index (κ1) is 20.1. The van der Waals surface area contributed by atoms with Gasteiger partial charge in [0.2, 0.25) is 15.0 Å². The molecule has 0 unspecified atom stereocenters. The molecule has 2 N–H and O–H groups in total. The second-order valence-electron chi connectivity index (χ2n) is 6.37. The van der Waals surface area contributed by atoms with Crippen molar-refractivity contribution in [3.8, 4) is 0 Å². The van der Waals surface area contributed by atoms with Crippen molar-refractivity contribution in [1.29, 1.82) is 0 Å². The molecule has 0 aliphatic rings. The van der Waals surface area contributed by atoms with Crippen LogP contribution in [-0.2, 0) is 16.6 Å². The number of carbonyl (C=O) groups excluding carboxylic acids is 1. The summed E-state index contributed by atoms with van der Waals surface area (Å²) in [4.78, 5) is 12.4. The van der Waals surface area contributed by atoms with E-state index >= 15 is 0 Å². The summed E-state index contributed by atoms with van der Waals surface area (Å²) >= 11 is 1.04. The van der Waals surface area contributed by atoms with Crippen LogP contribution in [0.5, 0.6) is 0 Å². The maximum Gasteiger partial charge on any atom is 0.286 e. The van der Waals surface area contributed by atoms with Gasteiger partial charge in [0.25, 0.3) is 5.91 Å². The van der Waals surface area contributed by atoms with Crippen molar-refractivity contribution in [2.75, 3.05) is 5.32 Å². The lowest BCUT2D eigenvalue weighted by Gasteiger charge is -2.08. The standard InChI is InChI=1S/C19H20N4O3S2/c1-13(2)14-8-10-16(11-9-14)28(25,26)20-12-17-22-23-19(27-17)18(24)21-15-6-4-3-5-7-15/h3-11,13,20H,12H2,1-2H3,(H,21,24). The number of anilines is 1. The Morgan fingerprint density at radius 2 is 1.71 bits per heavy atom. The third-order valence-electron chi connectivity index (χ3n) is 3.96. The summed E-state index contributed by atoms with van der Waals surface area (Å²) < 4.78 is 27.4. The summed E-state index contributed by atoms with van der Waals surface area (Å²) in [5.41, 5.74) is 1.71. The Morgan fingerprint density at radius 1 is 1.04 bits per heavy atom. The molecule has 0 aliphatic carbocycles. The van der Waals surface area contributed by atoms with Gasteiger partial charge in [-0.15, -0.1) is 10.2 Å². The Morgan fingerprint density at radius 3 is 2.36 bits per heavy atom.